The summed E-state index contributed by atoms with van der Waals surface area (Å²) in [6.45, 7) is 6.93. The summed E-state index contributed by atoms with van der Waals surface area (Å²) in [7, 11) is 1.63. The molecule has 0 aromatic heterocycles. The number of unbranched alkanes of at least 4 members (excludes halogenated alkanes) is 2. The lowest BCUT2D eigenvalue weighted by molar-refractivity contribution is -0.144. The van der Waals surface area contributed by atoms with Crippen LogP contribution < -0.4 is 5.32 Å². The third kappa shape index (κ3) is 18.7. The molecule has 302 valence electrons. The topological polar surface area (TPSA) is 167 Å². The summed E-state index contributed by atoms with van der Waals surface area (Å²) in [4.78, 5) is 36.5. The van der Waals surface area contributed by atoms with E-state index >= 15 is 0 Å². The Morgan fingerprint density at radius 3 is 1.50 bits per heavy atom. The van der Waals surface area contributed by atoms with Gasteiger partial charge in [-0.05, 0) is 35.1 Å². The van der Waals surface area contributed by atoms with Gasteiger partial charge in [0.1, 0.15) is 12.6 Å². The van der Waals surface area contributed by atoms with E-state index < -0.39 is 17.9 Å². The number of benzene rings is 2. The van der Waals surface area contributed by atoms with Crippen LogP contribution in [0, 0.1) is 0 Å². The van der Waals surface area contributed by atoms with Crippen LogP contribution in [0.25, 0.3) is 11.1 Å². The second-order valence-corrected chi connectivity index (χ2v) is 12.5. The Morgan fingerprint density at radius 2 is 1.04 bits per heavy atom. The van der Waals surface area contributed by atoms with Gasteiger partial charge < -0.3 is 53.1 Å². The van der Waals surface area contributed by atoms with E-state index in [-0.39, 0.29) is 44.4 Å². The fraction of sp³-hybridized carbons (Fsp3) is 0.625. The minimum absolute atomic E-state index is 0.0145. The number of methoxy groups -OCH3 is 1. The van der Waals surface area contributed by atoms with Crippen molar-refractivity contribution in [1.82, 2.24) is 5.32 Å². The third-order valence-corrected chi connectivity index (χ3v) is 8.52. The zero-order valence-electron chi connectivity index (χ0n) is 31.7. The molecule has 2 aromatic carbocycles. The number of carboxylic acid groups (broad SMARTS) is 1. The molecule has 0 heterocycles. The molecule has 0 saturated carbocycles. The fourth-order valence-electron chi connectivity index (χ4n) is 5.73. The average molecular weight is 762 g/mol. The monoisotopic (exact) mass is 761 g/mol. The molecule has 2 N–H and O–H groups in total. The summed E-state index contributed by atoms with van der Waals surface area (Å²) in [6.07, 6.45) is 2.34. The number of carbonyl (C=O) groups excluding carboxylic acids is 2. The molecule has 0 aliphatic heterocycles. The maximum atomic E-state index is 12.5. The van der Waals surface area contributed by atoms with Crippen molar-refractivity contribution in [2.75, 3.05) is 113 Å². The molecule has 1 aliphatic rings. The molecule has 1 atom stereocenters. The molecule has 14 heteroatoms. The highest BCUT2D eigenvalue weighted by Gasteiger charge is 2.29. The average Bonchev–Trinajstić information content (AvgIpc) is 3.50. The highest BCUT2D eigenvalue weighted by molar-refractivity contribution is 5.83. The van der Waals surface area contributed by atoms with E-state index in [0.29, 0.717) is 112 Å². The molecule has 0 bridgehead atoms. The molecule has 0 fully saturated rings. The van der Waals surface area contributed by atoms with Crippen molar-refractivity contribution in [2.45, 2.75) is 50.5 Å². The molecule has 54 heavy (non-hydrogen) atoms. The lowest BCUT2D eigenvalue weighted by Crippen LogP contribution is -2.41. The summed E-state index contributed by atoms with van der Waals surface area (Å²) < 4.78 is 48.5. The van der Waals surface area contributed by atoms with Crippen LogP contribution in [0.2, 0.25) is 0 Å². The van der Waals surface area contributed by atoms with Gasteiger partial charge in [-0.25, -0.2) is 4.79 Å². The standard InChI is InChI=1S/C40H59NO13/c1-46-17-18-48-21-22-50-25-26-52-29-30-53-28-27-51-24-23-49-20-19-47-16-15-38(42)41-37(40(44)45)13-3-2-4-14-39(43)54-31-36-34-11-7-5-9-32(34)33-10-6-8-12-35(33)36/h5-12,36-37H,2-4,13-31H2,1H3,(H,41,42)(H,44,45)/t37-/m0/s1. The zero-order valence-corrected chi connectivity index (χ0v) is 31.7. The normalized spacial score (nSPS) is 12.7. The molecule has 0 saturated heterocycles. The van der Waals surface area contributed by atoms with Crippen molar-refractivity contribution < 1.29 is 62.1 Å². The van der Waals surface area contributed by atoms with Crippen LogP contribution in [-0.2, 0) is 57.0 Å². The van der Waals surface area contributed by atoms with Crippen LogP contribution in [0.1, 0.15) is 55.6 Å². The molecule has 1 aliphatic carbocycles. The van der Waals surface area contributed by atoms with E-state index in [1.54, 1.807) is 7.11 Å². The Morgan fingerprint density at radius 1 is 0.593 bits per heavy atom. The lowest BCUT2D eigenvalue weighted by Gasteiger charge is -2.15. The Balaban J connectivity index is 1.08. The van der Waals surface area contributed by atoms with Gasteiger partial charge in [0.15, 0.2) is 0 Å². The summed E-state index contributed by atoms with van der Waals surface area (Å²) in [5.41, 5.74) is 4.69. The van der Waals surface area contributed by atoms with Crippen molar-refractivity contribution in [3.63, 3.8) is 0 Å². The van der Waals surface area contributed by atoms with Gasteiger partial charge in [0.2, 0.25) is 5.91 Å². The summed E-state index contributed by atoms with van der Waals surface area (Å²) >= 11 is 0. The smallest absolute Gasteiger partial charge is 0.326 e. The van der Waals surface area contributed by atoms with Gasteiger partial charge in [0, 0.05) is 25.9 Å². The van der Waals surface area contributed by atoms with Crippen LogP contribution in [0.3, 0.4) is 0 Å². The Kier molecular flexibility index (Phi) is 24.0. The lowest BCUT2D eigenvalue weighted by atomic mass is 9.98. The Hall–Kier alpha value is -3.47. The number of hydrogen-bond donors (Lipinski definition) is 2. The third-order valence-electron chi connectivity index (χ3n) is 8.52. The van der Waals surface area contributed by atoms with Crippen LogP contribution in [0.4, 0.5) is 0 Å². The van der Waals surface area contributed by atoms with Crippen LogP contribution in [0.15, 0.2) is 48.5 Å². The van der Waals surface area contributed by atoms with Crippen LogP contribution >= 0.6 is 0 Å². The molecule has 14 nitrogen and oxygen atoms in total. The Labute approximate surface area is 319 Å². The predicted molar refractivity (Wildman–Crippen MR) is 200 cm³/mol. The quantitative estimate of drug-likeness (QED) is 0.0777. The number of nitrogens with one attached hydrogen (secondary N) is 1. The van der Waals surface area contributed by atoms with Gasteiger partial charge >= 0.3 is 11.9 Å². The summed E-state index contributed by atoms with van der Waals surface area (Å²) in [5.74, 6) is -1.74. The van der Waals surface area contributed by atoms with Gasteiger partial charge in [0.25, 0.3) is 0 Å². The van der Waals surface area contributed by atoms with E-state index in [0.717, 1.165) is 0 Å². The molecular formula is C40H59NO13. The number of rotatable bonds is 34. The van der Waals surface area contributed by atoms with Gasteiger partial charge in [0.05, 0.1) is 99.1 Å². The predicted octanol–water partition coefficient (Wildman–Crippen LogP) is 4.01. The highest BCUT2D eigenvalue weighted by Crippen LogP contribution is 2.44. The van der Waals surface area contributed by atoms with Gasteiger partial charge in [-0.15, -0.1) is 0 Å². The fourth-order valence-corrected chi connectivity index (χ4v) is 5.73. The van der Waals surface area contributed by atoms with Crippen molar-refractivity contribution in [3.8, 4) is 11.1 Å². The number of carboxylic acids is 1. The molecule has 0 spiro atoms. The van der Waals surface area contributed by atoms with Crippen LogP contribution in [0.5, 0.6) is 0 Å². The van der Waals surface area contributed by atoms with E-state index in [1.165, 1.54) is 22.3 Å². The molecule has 0 unspecified atom stereocenters. The minimum atomic E-state index is -1.09. The van der Waals surface area contributed by atoms with E-state index in [9.17, 15) is 19.5 Å². The zero-order chi connectivity index (χ0) is 38.5. The van der Waals surface area contributed by atoms with Crippen molar-refractivity contribution in [1.29, 1.82) is 0 Å². The van der Waals surface area contributed by atoms with Gasteiger partial charge in [-0.1, -0.05) is 61.4 Å². The molecule has 0 radical (unpaired) electrons. The Bertz CT molecular complexity index is 1280. The maximum absolute atomic E-state index is 12.5. The first-order valence-corrected chi connectivity index (χ1v) is 18.9. The molecule has 3 rings (SSSR count). The second kappa shape index (κ2) is 28.9. The van der Waals surface area contributed by atoms with E-state index in [2.05, 4.69) is 29.6 Å². The summed E-state index contributed by atoms with van der Waals surface area (Å²) in [6, 6.07) is 15.4. The molecule has 1 amide bonds. The number of hydrogen-bond acceptors (Lipinski definition) is 12. The first-order chi connectivity index (χ1) is 26.5. The SMILES string of the molecule is COCCOCCOCCOCCOCCOCCOCCOCCC(=O)N[C@@H](CCCCCC(=O)OCC1c2ccccc2-c2ccccc21)C(=O)O. The van der Waals surface area contributed by atoms with Gasteiger partial charge in [-0.3, -0.25) is 9.59 Å². The maximum Gasteiger partial charge on any atom is 0.326 e. The number of carbonyl (C=O) groups is 3. The molecule has 2 aromatic rings. The number of esters is 1. The minimum Gasteiger partial charge on any atom is -0.480 e. The van der Waals surface area contributed by atoms with Crippen molar-refractivity contribution >= 4 is 17.8 Å². The first kappa shape index (κ1) is 44.9. The second-order valence-electron chi connectivity index (χ2n) is 12.5. The number of amides is 1. The number of fused-ring (bicyclic) bond motifs is 3. The summed E-state index contributed by atoms with van der Waals surface area (Å²) in [5, 5.41) is 12.1. The first-order valence-electron chi connectivity index (χ1n) is 18.9. The largest absolute Gasteiger partial charge is 0.480 e. The van der Waals surface area contributed by atoms with E-state index in [1.807, 2.05) is 24.3 Å². The van der Waals surface area contributed by atoms with E-state index in [4.69, 9.17) is 42.6 Å². The van der Waals surface area contributed by atoms with Crippen molar-refractivity contribution in [3.05, 3.63) is 59.7 Å². The van der Waals surface area contributed by atoms with Crippen LogP contribution in [-0.4, -0.2) is 142 Å². The van der Waals surface area contributed by atoms with Crippen molar-refractivity contribution in [2.24, 2.45) is 0 Å². The van der Waals surface area contributed by atoms with Gasteiger partial charge in [-0.2, -0.15) is 0 Å². The highest BCUT2D eigenvalue weighted by atomic mass is 16.6. The number of aliphatic carboxylic acids is 1. The molecular weight excluding hydrogens is 702 g/mol. The number of ether oxygens (including phenoxy) is 9.